The second kappa shape index (κ2) is 8.22. The number of nitrogens with two attached hydrogens (primary N) is 1. The van der Waals surface area contributed by atoms with Gasteiger partial charge >= 0.3 is 0 Å². The van der Waals surface area contributed by atoms with Gasteiger partial charge in [-0.3, -0.25) is 4.79 Å². The molecule has 0 aliphatic heterocycles. The van der Waals surface area contributed by atoms with Gasteiger partial charge in [0.25, 0.3) is 5.91 Å². The average molecular weight is 277 g/mol. The van der Waals surface area contributed by atoms with Gasteiger partial charge in [-0.15, -0.1) is 0 Å². The lowest BCUT2D eigenvalue weighted by Gasteiger charge is -2.13. The number of carbonyl (C=O) groups excluding carboxylic acids is 1. The van der Waals surface area contributed by atoms with E-state index < -0.39 is 0 Å². The summed E-state index contributed by atoms with van der Waals surface area (Å²) in [6.45, 7) is 9.83. The van der Waals surface area contributed by atoms with Crippen LogP contribution in [-0.4, -0.2) is 32.2 Å². The number of anilines is 2. The Bertz CT molecular complexity index is 472. The van der Waals surface area contributed by atoms with E-state index in [9.17, 15) is 4.79 Å². The fourth-order valence-corrected chi connectivity index (χ4v) is 1.67. The van der Waals surface area contributed by atoms with Gasteiger partial charge in [-0.2, -0.15) is 0 Å². The number of amides is 1. The molecule has 0 unspecified atom stereocenters. The van der Waals surface area contributed by atoms with Crippen LogP contribution < -0.4 is 16.4 Å². The number of nitrogen functional groups attached to an aromatic ring is 1. The predicted molar refractivity (Wildman–Crippen MR) is 83.0 cm³/mol. The highest BCUT2D eigenvalue weighted by Crippen LogP contribution is 2.19. The van der Waals surface area contributed by atoms with Crippen molar-refractivity contribution in [3.63, 3.8) is 0 Å². The highest BCUT2D eigenvalue weighted by Gasteiger charge is 2.10. The van der Waals surface area contributed by atoms with E-state index in [4.69, 9.17) is 10.5 Å². The maximum atomic E-state index is 11.9. The van der Waals surface area contributed by atoms with Crippen LogP contribution in [0.4, 0.5) is 11.4 Å². The van der Waals surface area contributed by atoms with Crippen molar-refractivity contribution < 1.29 is 9.53 Å². The highest BCUT2D eigenvalue weighted by molar-refractivity contribution is 6.00. The summed E-state index contributed by atoms with van der Waals surface area (Å²) < 4.78 is 5.40. The Morgan fingerprint density at radius 3 is 2.85 bits per heavy atom. The third kappa shape index (κ3) is 5.32. The van der Waals surface area contributed by atoms with Crippen LogP contribution in [0.25, 0.3) is 0 Å². The van der Waals surface area contributed by atoms with Crippen molar-refractivity contribution >= 4 is 17.3 Å². The smallest absolute Gasteiger partial charge is 0.253 e. The Morgan fingerprint density at radius 1 is 1.45 bits per heavy atom. The van der Waals surface area contributed by atoms with Crippen molar-refractivity contribution in [3.05, 3.63) is 35.9 Å². The summed E-state index contributed by atoms with van der Waals surface area (Å²) in [4.78, 5) is 11.9. The van der Waals surface area contributed by atoms with Gasteiger partial charge in [0.2, 0.25) is 0 Å². The summed E-state index contributed by atoms with van der Waals surface area (Å²) in [5, 5.41) is 5.95. The number of hydrogen-bond acceptors (Lipinski definition) is 4. The molecule has 20 heavy (non-hydrogen) atoms. The Labute approximate surface area is 120 Å². The van der Waals surface area contributed by atoms with Crippen LogP contribution >= 0.6 is 0 Å². The molecule has 1 amide bonds. The first kappa shape index (κ1) is 16.0. The highest BCUT2D eigenvalue weighted by atomic mass is 16.5. The molecule has 110 valence electrons. The molecule has 0 aromatic heterocycles. The standard InChI is InChI=1S/C15H23N3O2/c1-4-17-15(19)13-6-5-12(16)9-14(13)18-7-8-20-10-11(2)3/h5-6,9,18H,2,4,7-8,10,16H2,1,3H3,(H,17,19). The first-order valence-electron chi connectivity index (χ1n) is 6.68. The lowest BCUT2D eigenvalue weighted by atomic mass is 10.1. The molecule has 0 heterocycles. The van der Waals surface area contributed by atoms with Crippen LogP contribution in [0.5, 0.6) is 0 Å². The predicted octanol–water partition coefficient (Wildman–Crippen LogP) is 2.02. The molecule has 0 aliphatic carbocycles. The molecule has 0 radical (unpaired) electrons. The molecule has 1 aromatic carbocycles. The zero-order valence-electron chi connectivity index (χ0n) is 12.2. The van der Waals surface area contributed by atoms with E-state index in [0.29, 0.717) is 37.6 Å². The van der Waals surface area contributed by atoms with Crippen molar-refractivity contribution in [1.29, 1.82) is 0 Å². The number of rotatable bonds is 8. The van der Waals surface area contributed by atoms with E-state index >= 15 is 0 Å². The molecule has 0 fully saturated rings. The first-order valence-corrected chi connectivity index (χ1v) is 6.68. The number of hydrogen-bond donors (Lipinski definition) is 3. The topological polar surface area (TPSA) is 76.4 Å². The first-order chi connectivity index (χ1) is 9.54. The minimum Gasteiger partial charge on any atom is -0.399 e. The van der Waals surface area contributed by atoms with Gasteiger partial charge in [0.1, 0.15) is 0 Å². The molecule has 5 nitrogen and oxygen atoms in total. The zero-order chi connectivity index (χ0) is 15.0. The average Bonchev–Trinajstić information content (AvgIpc) is 2.38. The molecule has 1 aromatic rings. The number of carbonyl (C=O) groups is 1. The molecule has 0 saturated carbocycles. The molecule has 0 atom stereocenters. The third-order valence-electron chi connectivity index (χ3n) is 2.54. The molecule has 1 rings (SSSR count). The summed E-state index contributed by atoms with van der Waals surface area (Å²) in [6, 6.07) is 5.19. The van der Waals surface area contributed by atoms with Crippen LogP contribution in [-0.2, 0) is 4.74 Å². The van der Waals surface area contributed by atoms with Gasteiger partial charge in [-0.1, -0.05) is 12.2 Å². The van der Waals surface area contributed by atoms with E-state index in [1.807, 2.05) is 13.8 Å². The zero-order valence-corrected chi connectivity index (χ0v) is 12.2. The van der Waals surface area contributed by atoms with Crippen molar-refractivity contribution in [2.45, 2.75) is 13.8 Å². The Hall–Kier alpha value is -2.01. The van der Waals surface area contributed by atoms with Gasteiger partial charge in [0.15, 0.2) is 0 Å². The van der Waals surface area contributed by atoms with Gasteiger partial charge in [-0.05, 0) is 32.0 Å². The Kier molecular flexibility index (Phi) is 6.59. The molecular formula is C15H23N3O2. The number of nitrogens with one attached hydrogen (secondary N) is 2. The fourth-order valence-electron chi connectivity index (χ4n) is 1.67. The second-order valence-corrected chi connectivity index (χ2v) is 4.60. The van der Waals surface area contributed by atoms with Crippen LogP contribution in [0.15, 0.2) is 30.4 Å². The summed E-state index contributed by atoms with van der Waals surface area (Å²) in [5.41, 5.74) is 8.66. The summed E-state index contributed by atoms with van der Waals surface area (Å²) in [5.74, 6) is -0.113. The Morgan fingerprint density at radius 2 is 2.20 bits per heavy atom. The van der Waals surface area contributed by atoms with Crippen LogP contribution in [0.1, 0.15) is 24.2 Å². The van der Waals surface area contributed by atoms with Gasteiger partial charge in [0, 0.05) is 24.5 Å². The van der Waals surface area contributed by atoms with Crippen LogP contribution in [0.2, 0.25) is 0 Å². The number of ether oxygens (including phenoxy) is 1. The minimum atomic E-state index is -0.113. The van der Waals surface area contributed by atoms with E-state index in [1.165, 1.54) is 0 Å². The lowest BCUT2D eigenvalue weighted by molar-refractivity contribution is 0.0956. The lowest BCUT2D eigenvalue weighted by Crippen LogP contribution is -2.24. The van der Waals surface area contributed by atoms with Gasteiger partial charge in [-0.25, -0.2) is 0 Å². The van der Waals surface area contributed by atoms with Gasteiger partial charge in [0.05, 0.1) is 18.8 Å². The fraction of sp³-hybridized carbons (Fsp3) is 0.400. The van der Waals surface area contributed by atoms with Crippen molar-refractivity contribution in [2.24, 2.45) is 0 Å². The molecule has 0 bridgehead atoms. The molecule has 0 saturated heterocycles. The van der Waals surface area contributed by atoms with E-state index in [0.717, 1.165) is 11.3 Å². The number of benzene rings is 1. The second-order valence-electron chi connectivity index (χ2n) is 4.60. The molecule has 0 spiro atoms. The monoisotopic (exact) mass is 277 g/mol. The van der Waals surface area contributed by atoms with Crippen LogP contribution in [0, 0.1) is 0 Å². The molecule has 4 N–H and O–H groups in total. The largest absolute Gasteiger partial charge is 0.399 e. The Balaban J connectivity index is 2.60. The van der Waals surface area contributed by atoms with E-state index in [-0.39, 0.29) is 5.91 Å². The normalized spacial score (nSPS) is 10.1. The molecule has 5 heteroatoms. The maximum absolute atomic E-state index is 11.9. The van der Waals surface area contributed by atoms with Crippen molar-refractivity contribution in [2.75, 3.05) is 37.4 Å². The third-order valence-corrected chi connectivity index (χ3v) is 2.54. The quantitative estimate of drug-likeness (QED) is 0.386. The van der Waals surface area contributed by atoms with Crippen molar-refractivity contribution in [1.82, 2.24) is 5.32 Å². The summed E-state index contributed by atoms with van der Waals surface area (Å²) >= 11 is 0. The SMILES string of the molecule is C=C(C)COCCNc1cc(N)ccc1C(=O)NCC. The van der Waals surface area contributed by atoms with Gasteiger partial charge < -0.3 is 21.1 Å². The summed E-state index contributed by atoms with van der Waals surface area (Å²) in [7, 11) is 0. The van der Waals surface area contributed by atoms with E-state index in [2.05, 4.69) is 17.2 Å². The van der Waals surface area contributed by atoms with Crippen molar-refractivity contribution in [3.8, 4) is 0 Å². The molecule has 0 aliphatic rings. The van der Waals surface area contributed by atoms with Crippen LogP contribution in [0.3, 0.4) is 0 Å². The maximum Gasteiger partial charge on any atom is 0.253 e. The van der Waals surface area contributed by atoms with E-state index in [1.54, 1.807) is 18.2 Å². The summed E-state index contributed by atoms with van der Waals surface area (Å²) in [6.07, 6.45) is 0. The molecular weight excluding hydrogens is 254 g/mol. The minimum absolute atomic E-state index is 0.113.